The number of urea groups is 1. The zero-order chi connectivity index (χ0) is 27.4. The van der Waals surface area contributed by atoms with Crippen LogP contribution < -0.4 is 10.1 Å². The number of hydrogen-bond donors (Lipinski definition) is 1. The van der Waals surface area contributed by atoms with E-state index in [4.69, 9.17) is 9.47 Å². The topological polar surface area (TPSA) is 91.4 Å². The van der Waals surface area contributed by atoms with Gasteiger partial charge in [0.1, 0.15) is 11.6 Å². The van der Waals surface area contributed by atoms with Crippen LogP contribution in [0, 0.1) is 5.82 Å². The minimum atomic E-state index is -0.753. The first-order chi connectivity index (χ1) is 18.2. The van der Waals surface area contributed by atoms with Crippen LogP contribution in [0.4, 0.5) is 9.18 Å². The predicted molar refractivity (Wildman–Crippen MR) is 139 cm³/mol. The number of para-hydroxylation sites is 1. The Kier molecular flexibility index (Phi) is 8.31. The van der Waals surface area contributed by atoms with Crippen LogP contribution in [0.5, 0.6) is 5.75 Å². The molecule has 1 N–H and O–H groups in total. The Bertz CT molecular complexity index is 1250. The molecule has 2 aliphatic heterocycles. The number of carbonyl (C=O) groups is 3. The van der Waals surface area contributed by atoms with E-state index in [0.29, 0.717) is 54.3 Å². The standard InChI is InChI=1S/C28H33FN4O5/c1-5-38-27(35)24-22(31(3)28(36)30-25(24)21-11-6-7-12-23(21)37-4)17-32-13-14-33(18(2)16-32)26(34)19-9-8-10-20(29)15-19/h6-12,15,18,25H,5,13-14,16-17H2,1-4H3,(H,30,36)/t18-,25+/m1/s1. The number of nitrogens with zero attached hydrogens (tertiary/aromatic N) is 3. The number of hydrogen-bond acceptors (Lipinski definition) is 6. The van der Waals surface area contributed by atoms with Gasteiger partial charge in [-0.2, -0.15) is 0 Å². The van der Waals surface area contributed by atoms with Crippen molar-refractivity contribution < 1.29 is 28.2 Å². The van der Waals surface area contributed by atoms with Crippen LogP contribution in [-0.4, -0.2) is 85.6 Å². The summed E-state index contributed by atoms with van der Waals surface area (Å²) in [5.41, 5.74) is 1.82. The summed E-state index contributed by atoms with van der Waals surface area (Å²) in [5, 5.41) is 2.91. The first-order valence-corrected chi connectivity index (χ1v) is 12.6. The fourth-order valence-corrected chi connectivity index (χ4v) is 5.01. The first kappa shape index (κ1) is 27.1. The van der Waals surface area contributed by atoms with Crippen LogP contribution in [0.2, 0.25) is 0 Å². The molecule has 2 atom stereocenters. The number of methoxy groups -OCH3 is 1. The molecule has 38 heavy (non-hydrogen) atoms. The number of ether oxygens (including phenoxy) is 2. The van der Waals surface area contributed by atoms with Crippen LogP contribution in [0.15, 0.2) is 59.8 Å². The van der Waals surface area contributed by atoms with Crippen molar-refractivity contribution in [3.05, 3.63) is 76.7 Å². The summed E-state index contributed by atoms with van der Waals surface area (Å²) >= 11 is 0. The third-order valence-corrected chi connectivity index (χ3v) is 6.94. The highest BCUT2D eigenvalue weighted by Gasteiger charge is 2.39. The Balaban J connectivity index is 1.62. The lowest BCUT2D eigenvalue weighted by Crippen LogP contribution is -2.56. The van der Waals surface area contributed by atoms with Crippen LogP contribution in [0.3, 0.4) is 0 Å². The van der Waals surface area contributed by atoms with Crippen molar-refractivity contribution in [2.24, 2.45) is 0 Å². The largest absolute Gasteiger partial charge is 0.496 e. The summed E-state index contributed by atoms with van der Waals surface area (Å²) in [4.78, 5) is 44.6. The minimum absolute atomic E-state index is 0.168. The summed E-state index contributed by atoms with van der Waals surface area (Å²) in [6.07, 6.45) is 0. The van der Waals surface area contributed by atoms with Crippen molar-refractivity contribution in [2.45, 2.75) is 25.9 Å². The molecule has 1 saturated heterocycles. The van der Waals surface area contributed by atoms with Crippen LogP contribution in [0.25, 0.3) is 0 Å². The van der Waals surface area contributed by atoms with E-state index < -0.39 is 17.8 Å². The quantitative estimate of drug-likeness (QED) is 0.560. The smallest absolute Gasteiger partial charge is 0.338 e. The van der Waals surface area contributed by atoms with E-state index in [1.54, 1.807) is 31.0 Å². The van der Waals surface area contributed by atoms with Crippen molar-refractivity contribution in [3.8, 4) is 5.75 Å². The van der Waals surface area contributed by atoms with Crippen molar-refractivity contribution in [3.63, 3.8) is 0 Å². The van der Waals surface area contributed by atoms with Gasteiger partial charge in [-0.3, -0.25) is 14.6 Å². The predicted octanol–water partition coefficient (Wildman–Crippen LogP) is 3.19. The van der Waals surface area contributed by atoms with Gasteiger partial charge in [0.05, 0.1) is 25.3 Å². The third-order valence-electron chi connectivity index (χ3n) is 6.94. The summed E-state index contributed by atoms with van der Waals surface area (Å²) in [7, 11) is 3.16. The Morgan fingerprint density at radius 1 is 1.13 bits per heavy atom. The number of rotatable bonds is 7. The van der Waals surface area contributed by atoms with Gasteiger partial charge >= 0.3 is 12.0 Å². The van der Waals surface area contributed by atoms with E-state index in [9.17, 15) is 18.8 Å². The molecule has 2 aliphatic rings. The second-order valence-electron chi connectivity index (χ2n) is 9.36. The van der Waals surface area contributed by atoms with Gasteiger partial charge in [0.25, 0.3) is 5.91 Å². The molecule has 10 heteroatoms. The van der Waals surface area contributed by atoms with Gasteiger partial charge in [0, 0.05) is 56.1 Å². The summed E-state index contributed by atoms with van der Waals surface area (Å²) in [6.45, 7) is 5.59. The number of halogens is 1. The maximum Gasteiger partial charge on any atom is 0.338 e. The second kappa shape index (κ2) is 11.6. The summed E-state index contributed by atoms with van der Waals surface area (Å²) in [6, 6.07) is 11.6. The van der Waals surface area contributed by atoms with Gasteiger partial charge in [0.15, 0.2) is 0 Å². The molecular formula is C28H33FN4O5. The molecule has 0 aromatic heterocycles. The maximum atomic E-state index is 13.7. The van der Waals surface area contributed by atoms with Gasteiger partial charge in [0.2, 0.25) is 0 Å². The zero-order valence-electron chi connectivity index (χ0n) is 22.1. The van der Waals surface area contributed by atoms with Gasteiger partial charge in [-0.25, -0.2) is 14.0 Å². The van der Waals surface area contributed by atoms with Crippen molar-refractivity contribution >= 4 is 17.9 Å². The fraction of sp³-hybridized carbons (Fsp3) is 0.393. The lowest BCUT2D eigenvalue weighted by Gasteiger charge is -2.42. The number of benzene rings is 2. The van der Waals surface area contributed by atoms with E-state index in [2.05, 4.69) is 10.2 Å². The average molecular weight is 525 g/mol. The van der Waals surface area contributed by atoms with E-state index in [-0.39, 0.29) is 24.6 Å². The Morgan fingerprint density at radius 2 is 1.89 bits per heavy atom. The molecule has 2 aromatic rings. The number of nitrogens with one attached hydrogen (secondary N) is 1. The molecule has 2 aromatic carbocycles. The number of carbonyl (C=O) groups excluding carboxylic acids is 3. The molecule has 0 saturated carbocycles. The van der Waals surface area contributed by atoms with Crippen molar-refractivity contribution in [1.82, 2.24) is 20.0 Å². The lowest BCUT2D eigenvalue weighted by molar-refractivity contribution is -0.139. The Morgan fingerprint density at radius 3 is 2.58 bits per heavy atom. The van der Waals surface area contributed by atoms with Crippen molar-refractivity contribution in [1.29, 1.82) is 0 Å². The molecule has 3 amide bonds. The Labute approximate surface area is 221 Å². The number of amides is 3. The van der Waals surface area contributed by atoms with Gasteiger partial charge < -0.3 is 19.7 Å². The molecule has 0 radical (unpaired) electrons. The number of esters is 1. The Hall–Kier alpha value is -3.92. The first-order valence-electron chi connectivity index (χ1n) is 12.6. The monoisotopic (exact) mass is 524 g/mol. The SMILES string of the molecule is CCOC(=O)C1=C(CN2CCN(C(=O)c3cccc(F)c3)[C@H](C)C2)N(C)C(=O)N[C@H]1c1ccccc1OC. The molecule has 9 nitrogen and oxygen atoms in total. The maximum absolute atomic E-state index is 13.7. The molecular weight excluding hydrogens is 491 g/mol. The summed E-state index contributed by atoms with van der Waals surface area (Å²) in [5.74, 6) is -0.655. The highest BCUT2D eigenvalue weighted by molar-refractivity contribution is 5.96. The van der Waals surface area contributed by atoms with Crippen LogP contribution >= 0.6 is 0 Å². The van der Waals surface area contributed by atoms with E-state index in [0.717, 1.165) is 0 Å². The third kappa shape index (κ3) is 5.50. The van der Waals surface area contributed by atoms with Gasteiger partial charge in [-0.1, -0.05) is 24.3 Å². The molecule has 0 spiro atoms. The number of likely N-dealkylation sites (N-methyl/N-ethyl adjacent to an activating group) is 1. The second-order valence-corrected chi connectivity index (χ2v) is 9.36. The molecule has 0 unspecified atom stereocenters. The van der Waals surface area contributed by atoms with E-state index in [1.165, 1.54) is 30.2 Å². The molecule has 2 heterocycles. The highest BCUT2D eigenvalue weighted by Crippen LogP contribution is 2.36. The van der Waals surface area contributed by atoms with Crippen molar-refractivity contribution in [2.75, 3.05) is 46.9 Å². The van der Waals surface area contributed by atoms with Crippen LogP contribution in [-0.2, 0) is 9.53 Å². The highest BCUT2D eigenvalue weighted by atomic mass is 19.1. The van der Waals surface area contributed by atoms with Gasteiger partial charge in [-0.05, 0) is 38.1 Å². The summed E-state index contributed by atoms with van der Waals surface area (Å²) < 4.78 is 24.6. The normalized spacial score (nSPS) is 20.3. The minimum Gasteiger partial charge on any atom is -0.496 e. The molecule has 0 bridgehead atoms. The lowest BCUT2D eigenvalue weighted by atomic mass is 9.93. The fourth-order valence-electron chi connectivity index (χ4n) is 5.01. The zero-order valence-corrected chi connectivity index (χ0v) is 22.1. The molecule has 4 rings (SSSR count). The number of piperazine rings is 1. The molecule has 202 valence electrons. The van der Waals surface area contributed by atoms with E-state index in [1.807, 2.05) is 25.1 Å². The average Bonchev–Trinajstić information content (AvgIpc) is 2.91. The van der Waals surface area contributed by atoms with Gasteiger partial charge in [-0.15, -0.1) is 0 Å². The van der Waals surface area contributed by atoms with Crippen LogP contribution in [0.1, 0.15) is 35.8 Å². The molecule has 0 aliphatic carbocycles. The molecule has 1 fully saturated rings. The van der Waals surface area contributed by atoms with E-state index >= 15 is 0 Å².